The smallest absolute Gasteiger partial charge is 0.191 e. The highest BCUT2D eigenvalue weighted by Crippen LogP contribution is 2.30. The van der Waals surface area contributed by atoms with Gasteiger partial charge in [-0.3, -0.25) is 4.99 Å². The van der Waals surface area contributed by atoms with E-state index in [4.69, 9.17) is 9.47 Å². The third-order valence-corrected chi connectivity index (χ3v) is 4.30. The van der Waals surface area contributed by atoms with Crippen molar-refractivity contribution in [2.24, 2.45) is 10.9 Å². The molecular weight excluding hydrogens is 302 g/mol. The molecule has 0 atom stereocenters. The van der Waals surface area contributed by atoms with Crippen molar-refractivity contribution in [3.63, 3.8) is 0 Å². The number of aryl methyl sites for hydroxylation is 1. The molecule has 1 fully saturated rings. The molecular formula is C19H31N3O2. The SMILES string of the molecule is CN=C(NCc1ccc(C)cc1OCC1CC1)NCC(C)(C)OC. The minimum Gasteiger partial charge on any atom is -0.493 e. The predicted molar refractivity (Wildman–Crippen MR) is 98.7 cm³/mol. The maximum Gasteiger partial charge on any atom is 0.191 e. The van der Waals surface area contributed by atoms with Gasteiger partial charge in [0.1, 0.15) is 5.75 Å². The van der Waals surface area contributed by atoms with Crippen LogP contribution >= 0.6 is 0 Å². The molecule has 1 aliphatic rings. The van der Waals surface area contributed by atoms with Crippen LogP contribution in [0.1, 0.15) is 37.8 Å². The molecule has 2 N–H and O–H groups in total. The molecule has 0 aliphatic heterocycles. The Balaban J connectivity index is 1.91. The van der Waals surface area contributed by atoms with Gasteiger partial charge < -0.3 is 20.1 Å². The van der Waals surface area contributed by atoms with Crippen molar-refractivity contribution < 1.29 is 9.47 Å². The zero-order valence-electron chi connectivity index (χ0n) is 15.6. The van der Waals surface area contributed by atoms with E-state index in [-0.39, 0.29) is 5.60 Å². The number of ether oxygens (including phenoxy) is 2. The van der Waals surface area contributed by atoms with Gasteiger partial charge in [0.2, 0.25) is 0 Å². The molecule has 1 aliphatic carbocycles. The van der Waals surface area contributed by atoms with Gasteiger partial charge in [0, 0.05) is 32.8 Å². The quantitative estimate of drug-likeness (QED) is 0.567. The van der Waals surface area contributed by atoms with E-state index in [0.717, 1.165) is 29.8 Å². The Bertz CT molecular complexity index is 566. The highest BCUT2D eigenvalue weighted by molar-refractivity contribution is 5.79. The minimum atomic E-state index is -0.236. The summed E-state index contributed by atoms with van der Waals surface area (Å²) >= 11 is 0. The lowest BCUT2D eigenvalue weighted by Gasteiger charge is -2.24. The second-order valence-corrected chi connectivity index (χ2v) is 7.11. The second-order valence-electron chi connectivity index (χ2n) is 7.11. The molecule has 134 valence electrons. The Morgan fingerprint density at radius 2 is 2.04 bits per heavy atom. The molecule has 0 heterocycles. The fourth-order valence-corrected chi connectivity index (χ4v) is 2.20. The average Bonchev–Trinajstić information content (AvgIpc) is 3.38. The number of hydrogen-bond acceptors (Lipinski definition) is 3. The van der Waals surface area contributed by atoms with Crippen LogP contribution in [0.3, 0.4) is 0 Å². The highest BCUT2D eigenvalue weighted by Gasteiger charge is 2.22. The summed E-state index contributed by atoms with van der Waals surface area (Å²) in [7, 11) is 3.49. The summed E-state index contributed by atoms with van der Waals surface area (Å²) in [5, 5.41) is 6.64. The van der Waals surface area contributed by atoms with Gasteiger partial charge in [0.05, 0.1) is 12.2 Å². The van der Waals surface area contributed by atoms with E-state index in [1.165, 1.54) is 18.4 Å². The van der Waals surface area contributed by atoms with Crippen LogP contribution in [0.15, 0.2) is 23.2 Å². The number of aliphatic imine (C=N–C) groups is 1. The van der Waals surface area contributed by atoms with Crippen LogP contribution in [0.25, 0.3) is 0 Å². The Morgan fingerprint density at radius 1 is 1.29 bits per heavy atom. The monoisotopic (exact) mass is 333 g/mol. The van der Waals surface area contributed by atoms with Gasteiger partial charge in [-0.05, 0) is 51.2 Å². The van der Waals surface area contributed by atoms with Gasteiger partial charge in [-0.1, -0.05) is 12.1 Å². The molecule has 0 bridgehead atoms. The molecule has 0 amide bonds. The van der Waals surface area contributed by atoms with E-state index >= 15 is 0 Å². The van der Waals surface area contributed by atoms with Crippen LogP contribution in [0.4, 0.5) is 0 Å². The zero-order chi connectivity index (χ0) is 17.6. The Labute approximate surface area is 145 Å². The van der Waals surface area contributed by atoms with Gasteiger partial charge in [0.25, 0.3) is 0 Å². The van der Waals surface area contributed by atoms with Crippen molar-refractivity contribution in [2.75, 3.05) is 27.3 Å². The lowest BCUT2D eigenvalue weighted by molar-refractivity contribution is 0.0268. The number of hydrogen-bond donors (Lipinski definition) is 2. The molecule has 1 aromatic rings. The summed E-state index contributed by atoms with van der Waals surface area (Å²) in [5.41, 5.74) is 2.13. The summed E-state index contributed by atoms with van der Waals surface area (Å²) in [6.07, 6.45) is 2.59. The summed E-state index contributed by atoms with van der Waals surface area (Å²) in [5.74, 6) is 2.48. The predicted octanol–water partition coefficient (Wildman–Crippen LogP) is 2.87. The average molecular weight is 333 g/mol. The van der Waals surface area contributed by atoms with Gasteiger partial charge in [-0.15, -0.1) is 0 Å². The molecule has 0 unspecified atom stereocenters. The lowest BCUT2D eigenvalue weighted by atomic mass is 10.1. The third-order valence-electron chi connectivity index (χ3n) is 4.30. The van der Waals surface area contributed by atoms with Crippen molar-refractivity contribution in [1.29, 1.82) is 0 Å². The van der Waals surface area contributed by atoms with E-state index < -0.39 is 0 Å². The van der Waals surface area contributed by atoms with Crippen molar-refractivity contribution in [2.45, 2.75) is 45.8 Å². The lowest BCUT2D eigenvalue weighted by Crippen LogP contribution is -2.45. The normalized spacial score (nSPS) is 15.3. The molecule has 0 aromatic heterocycles. The third kappa shape index (κ3) is 6.04. The first-order valence-electron chi connectivity index (χ1n) is 8.65. The van der Waals surface area contributed by atoms with Crippen molar-refractivity contribution >= 4 is 5.96 Å². The summed E-state index contributed by atoms with van der Waals surface area (Å²) in [6.45, 7) is 8.35. The molecule has 1 saturated carbocycles. The van der Waals surface area contributed by atoms with Crippen molar-refractivity contribution in [3.05, 3.63) is 29.3 Å². The summed E-state index contributed by atoms with van der Waals surface area (Å²) in [6, 6.07) is 6.35. The molecule has 0 spiro atoms. The maximum atomic E-state index is 6.02. The van der Waals surface area contributed by atoms with Crippen LogP contribution < -0.4 is 15.4 Å². The van der Waals surface area contributed by atoms with Gasteiger partial charge >= 0.3 is 0 Å². The molecule has 1 aromatic carbocycles. The standard InChI is InChI=1S/C19H31N3O2/c1-14-6-9-16(17(10-14)24-12-15-7-8-15)11-21-18(20-4)22-13-19(2,3)23-5/h6,9-10,15H,7-8,11-13H2,1-5H3,(H2,20,21,22). The van der Waals surface area contributed by atoms with Crippen LogP contribution in [0.2, 0.25) is 0 Å². The Morgan fingerprint density at radius 3 is 2.67 bits per heavy atom. The first-order valence-corrected chi connectivity index (χ1v) is 8.65. The van der Waals surface area contributed by atoms with Crippen LogP contribution in [-0.2, 0) is 11.3 Å². The fraction of sp³-hybridized carbons (Fsp3) is 0.632. The number of benzene rings is 1. The van der Waals surface area contributed by atoms with E-state index in [1.54, 1.807) is 14.2 Å². The fourth-order valence-electron chi connectivity index (χ4n) is 2.20. The minimum absolute atomic E-state index is 0.236. The number of methoxy groups -OCH3 is 1. The van der Waals surface area contributed by atoms with E-state index in [1.807, 2.05) is 13.8 Å². The number of rotatable bonds is 8. The molecule has 0 saturated heterocycles. The topological polar surface area (TPSA) is 54.9 Å². The first kappa shape index (κ1) is 18.6. The van der Waals surface area contributed by atoms with Crippen molar-refractivity contribution in [1.82, 2.24) is 10.6 Å². The van der Waals surface area contributed by atoms with E-state index in [2.05, 4.69) is 40.7 Å². The van der Waals surface area contributed by atoms with E-state index in [0.29, 0.717) is 13.1 Å². The highest BCUT2D eigenvalue weighted by atomic mass is 16.5. The molecule has 5 heteroatoms. The van der Waals surface area contributed by atoms with Crippen LogP contribution in [0.5, 0.6) is 5.75 Å². The van der Waals surface area contributed by atoms with Crippen molar-refractivity contribution in [3.8, 4) is 5.75 Å². The largest absolute Gasteiger partial charge is 0.493 e. The van der Waals surface area contributed by atoms with Crippen LogP contribution in [-0.4, -0.2) is 38.9 Å². The molecule has 5 nitrogen and oxygen atoms in total. The van der Waals surface area contributed by atoms with Gasteiger partial charge in [-0.25, -0.2) is 0 Å². The number of nitrogens with zero attached hydrogens (tertiary/aromatic N) is 1. The summed E-state index contributed by atoms with van der Waals surface area (Å²) < 4.78 is 11.4. The summed E-state index contributed by atoms with van der Waals surface area (Å²) in [4.78, 5) is 4.27. The zero-order valence-corrected chi connectivity index (χ0v) is 15.6. The van der Waals surface area contributed by atoms with Crippen LogP contribution in [0, 0.1) is 12.8 Å². The second kappa shape index (κ2) is 8.38. The van der Waals surface area contributed by atoms with E-state index in [9.17, 15) is 0 Å². The molecule has 24 heavy (non-hydrogen) atoms. The first-order chi connectivity index (χ1) is 11.4. The molecule has 0 radical (unpaired) electrons. The molecule has 2 rings (SSSR count). The Kier molecular flexibility index (Phi) is 6.49. The maximum absolute atomic E-state index is 6.02. The number of guanidine groups is 1. The van der Waals surface area contributed by atoms with Gasteiger partial charge in [-0.2, -0.15) is 0 Å². The Hall–Kier alpha value is -1.75. The van der Waals surface area contributed by atoms with Gasteiger partial charge in [0.15, 0.2) is 5.96 Å². The number of nitrogens with one attached hydrogen (secondary N) is 2.